The summed E-state index contributed by atoms with van der Waals surface area (Å²) in [4.78, 5) is 51.1. The van der Waals surface area contributed by atoms with Crippen LogP contribution in [0.4, 0.5) is 10.5 Å². The Bertz CT molecular complexity index is 787. The summed E-state index contributed by atoms with van der Waals surface area (Å²) in [6.07, 6.45) is 1.51. The van der Waals surface area contributed by atoms with Crippen molar-refractivity contribution in [3.63, 3.8) is 0 Å². The molecule has 9 heteroatoms. The molecule has 28 heavy (non-hydrogen) atoms. The van der Waals surface area contributed by atoms with Gasteiger partial charge in [0.25, 0.3) is 5.91 Å². The molecule has 4 amide bonds. The standard InChI is InChI=1S/C19H23N3O6/c1-27-15-6-5-13(20-16(23)7-8-17(24)28-2)10-12(15)11-22-18(25)14-4-3-9-21(14)19(22)26/h5-6,10,14H,3-4,7-9,11H2,1-2H3,(H,20,23). The third-order valence-electron chi connectivity index (χ3n) is 4.96. The van der Waals surface area contributed by atoms with Crippen LogP contribution >= 0.6 is 0 Å². The fourth-order valence-electron chi connectivity index (χ4n) is 3.52. The highest BCUT2D eigenvalue weighted by atomic mass is 16.5. The highest BCUT2D eigenvalue weighted by Gasteiger charge is 2.47. The third kappa shape index (κ3) is 3.92. The predicted molar refractivity (Wildman–Crippen MR) is 98.5 cm³/mol. The van der Waals surface area contributed by atoms with E-state index in [2.05, 4.69) is 10.1 Å². The third-order valence-corrected chi connectivity index (χ3v) is 4.96. The highest BCUT2D eigenvalue weighted by molar-refractivity contribution is 6.04. The van der Waals surface area contributed by atoms with E-state index in [9.17, 15) is 19.2 Å². The molecule has 9 nitrogen and oxygen atoms in total. The molecule has 150 valence electrons. The number of carbonyl (C=O) groups excluding carboxylic acids is 4. The molecule has 0 aromatic heterocycles. The number of ether oxygens (including phenoxy) is 2. The average molecular weight is 389 g/mol. The van der Waals surface area contributed by atoms with Gasteiger partial charge in [-0.25, -0.2) is 4.79 Å². The molecule has 0 saturated carbocycles. The first kappa shape index (κ1) is 19.7. The summed E-state index contributed by atoms with van der Waals surface area (Å²) in [7, 11) is 2.76. The van der Waals surface area contributed by atoms with Gasteiger partial charge in [-0.3, -0.25) is 19.3 Å². The van der Waals surface area contributed by atoms with Gasteiger partial charge in [0.2, 0.25) is 5.91 Å². The molecule has 2 heterocycles. The molecular weight excluding hydrogens is 366 g/mol. The Hall–Kier alpha value is -3.10. The van der Waals surface area contributed by atoms with E-state index in [1.165, 1.54) is 19.1 Å². The maximum absolute atomic E-state index is 12.6. The second-order valence-electron chi connectivity index (χ2n) is 6.71. The van der Waals surface area contributed by atoms with Crippen molar-refractivity contribution >= 4 is 29.5 Å². The summed E-state index contributed by atoms with van der Waals surface area (Å²) in [6, 6.07) is 4.34. The number of nitrogens with one attached hydrogen (secondary N) is 1. The first-order valence-corrected chi connectivity index (χ1v) is 9.10. The van der Waals surface area contributed by atoms with Gasteiger partial charge < -0.3 is 19.7 Å². The van der Waals surface area contributed by atoms with Crippen molar-refractivity contribution in [3.8, 4) is 5.75 Å². The maximum atomic E-state index is 12.6. The lowest BCUT2D eigenvalue weighted by molar-refractivity contribution is -0.141. The number of benzene rings is 1. The van der Waals surface area contributed by atoms with E-state index in [0.717, 1.165) is 6.42 Å². The molecule has 2 aliphatic rings. The fourth-order valence-corrected chi connectivity index (χ4v) is 3.52. The average Bonchev–Trinajstić information content (AvgIpc) is 3.26. The zero-order chi connectivity index (χ0) is 20.3. The van der Waals surface area contributed by atoms with E-state index in [1.54, 1.807) is 23.1 Å². The van der Waals surface area contributed by atoms with Gasteiger partial charge in [-0.2, -0.15) is 0 Å². The molecule has 0 aliphatic carbocycles. The molecule has 2 saturated heterocycles. The molecule has 1 aromatic rings. The van der Waals surface area contributed by atoms with E-state index < -0.39 is 5.97 Å². The number of imide groups is 1. The summed E-state index contributed by atoms with van der Waals surface area (Å²) in [5, 5.41) is 2.70. The molecule has 0 spiro atoms. The van der Waals surface area contributed by atoms with Gasteiger partial charge in [0.05, 0.1) is 27.2 Å². The van der Waals surface area contributed by atoms with Crippen LogP contribution in [0.15, 0.2) is 18.2 Å². The molecular formula is C19H23N3O6. The van der Waals surface area contributed by atoms with Crippen LogP contribution in [-0.4, -0.2) is 60.4 Å². The van der Waals surface area contributed by atoms with Gasteiger partial charge in [0.1, 0.15) is 11.8 Å². The van der Waals surface area contributed by atoms with Crippen molar-refractivity contribution < 1.29 is 28.7 Å². The predicted octanol–water partition coefficient (Wildman–Crippen LogP) is 1.51. The van der Waals surface area contributed by atoms with Gasteiger partial charge in [-0.1, -0.05) is 0 Å². The number of methoxy groups -OCH3 is 2. The number of rotatable bonds is 7. The van der Waals surface area contributed by atoms with Crippen molar-refractivity contribution in [2.75, 3.05) is 26.1 Å². The monoisotopic (exact) mass is 389 g/mol. The number of esters is 1. The van der Waals surface area contributed by atoms with E-state index in [1.807, 2.05) is 0 Å². The summed E-state index contributed by atoms with van der Waals surface area (Å²) >= 11 is 0. The summed E-state index contributed by atoms with van der Waals surface area (Å²) in [5.41, 5.74) is 1.10. The van der Waals surface area contributed by atoms with Crippen LogP contribution < -0.4 is 10.1 Å². The van der Waals surface area contributed by atoms with Crippen LogP contribution in [-0.2, 0) is 25.7 Å². The Balaban J connectivity index is 1.71. The Morgan fingerprint density at radius 2 is 2.00 bits per heavy atom. The van der Waals surface area contributed by atoms with E-state index >= 15 is 0 Å². The quantitative estimate of drug-likeness (QED) is 0.560. The van der Waals surface area contributed by atoms with Crippen LogP contribution in [0.3, 0.4) is 0 Å². The van der Waals surface area contributed by atoms with Gasteiger partial charge in [0.15, 0.2) is 0 Å². The number of urea groups is 1. The summed E-state index contributed by atoms with van der Waals surface area (Å²) < 4.78 is 9.85. The highest BCUT2D eigenvalue weighted by Crippen LogP contribution is 2.31. The Kier molecular flexibility index (Phi) is 5.81. The van der Waals surface area contributed by atoms with Gasteiger partial charge in [-0.15, -0.1) is 0 Å². The number of fused-ring (bicyclic) bond motifs is 1. The Morgan fingerprint density at radius 1 is 1.21 bits per heavy atom. The Labute approximate surface area is 162 Å². The van der Waals surface area contributed by atoms with Gasteiger partial charge in [-0.05, 0) is 31.0 Å². The minimum absolute atomic E-state index is 0.00618. The smallest absolute Gasteiger partial charge is 0.327 e. The second kappa shape index (κ2) is 8.28. The number of amides is 4. The molecule has 2 aliphatic heterocycles. The topological polar surface area (TPSA) is 105 Å². The van der Waals surface area contributed by atoms with Crippen molar-refractivity contribution in [2.24, 2.45) is 0 Å². The molecule has 0 bridgehead atoms. The number of hydrogen-bond acceptors (Lipinski definition) is 6. The Morgan fingerprint density at radius 3 is 2.68 bits per heavy atom. The van der Waals surface area contributed by atoms with Gasteiger partial charge in [0, 0.05) is 24.2 Å². The normalized spacial score (nSPS) is 18.3. The number of nitrogens with zero attached hydrogens (tertiary/aromatic N) is 2. The minimum Gasteiger partial charge on any atom is -0.496 e. The first-order valence-electron chi connectivity index (χ1n) is 9.10. The van der Waals surface area contributed by atoms with Crippen LogP contribution in [0, 0.1) is 0 Å². The van der Waals surface area contributed by atoms with Crippen molar-refractivity contribution in [2.45, 2.75) is 38.3 Å². The van der Waals surface area contributed by atoms with Crippen LogP contribution in [0.1, 0.15) is 31.2 Å². The van der Waals surface area contributed by atoms with Crippen molar-refractivity contribution in [1.29, 1.82) is 0 Å². The SMILES string of the molecule is COC(=O)CCC(=O)Nc1ccc(OC)c(CN2C(=O)C3CCCN3C2=O)c1. The van der Waals surface area contributed by atoms with E-state index in [0.29, 0.717) is 30.0 Å². The van der Waals surface area contributed by atoms with Crippen molar-refractivity contribution in [1.82, 2.24) is 9.80 Å². The fraction of sp³-hybridized carbons (Fsp3) is 0.474. The molecule has 0 radical (unpaired) electrons. The maximum Gasteiger partial charge on any atom is 0.327 e. The molecule has 3 rings (SSSR count). The van der Waals surface area contributed by atoms with E-state index in [-0.39, 0.29) is 43.3 Å². The van der Waals surface area contributed by atoms with E-state index in [4.69, 9.17) is 4.74 Å². The number of carbonyl (C=O) groups is 4. The lowest BCUT2D eigenvalue weighted by atomic mass is 10.1. The molecule has 2 fully saturated rings. The molecule has 1 unspecified atom stereocenters. The summed E-state index contributed by atoms with van der Waals surface area (Å²) in [6.45, 7) is 0.666. The van der Waals surface area contributed by atoms with Crippen LogP contribution in [0.5, 0.6) is 5.75 Å². The zero-order valence-corrected chi connectivity index (χ0v) is 15.9. The van der Waals surface area contributed by atoms with Crippen LogP contribution in [0.25, 0.3) is 0 Å². The van der Waals surface area contributed by atoms with Crippen molar-refractivity contribution in [3.05, 3.63) is 23.8 Å². The second-order valence-corrected chi connectivity index (χ2v) is 6.71. The lowest BCUT2D eigenvalue weighted by Crippen LogP contribution is -2.32. The summed E-state index contributed by atoms with van der Waals surface area (Å²) in [5.74, 6) is -0.482. The zero-order valence-electron chi connectivity index (χ0n) is 15.9. The van der Waals surface area contributed by atoms with Crippen LogP contribution in [0.2, 0.25) is 0 Å². The number of anilines is 1. The van der Waals surface area contributed by atoms with Gasteiger partial charge >= 0.3 is 12.0 Å². The minimum atomic E-state index is -0.461. The first-order chi connectivity index (χ1) is 13.4. The lowest BCUT2D eigenvalue weighted by Gasteiger charge is -2.18. The number of hydrogen-bond donors (Lipinski definition) is 1. The molecule has 1 atom stereocenters. The molecule has 1 N–H and O–H groups in total. The largest absolute Gasteiger partial charge is 0.496 e. The molecule has 1 aromatic carbocycles.